The van der Waals surface area contributed by atoms with Crippen molar-refractivity contribution in [1.82, 2.24) is 0 Å². The topological polar surface area (TPSA) is 9.23 Å². The second kappa shape index (κ2) is 9.04. The van der Waals surface area contributed by atoms with Crippen molar-refractivity contribution >= 4 is 0 Å². The zero-order valence-corrected chi connectivity index (χ0v) is 11.3. The van der Waals surface area contributed by atoms with Crippen LogP contribution in [-0.2, 0) is 4.74 Å². The van der Waals surface area contributed by atoms with Crippen LogP contribution in [0.25, 0.3) is 0 Å². The van der Waals surface area contributed by atoms with E-state index in [2.05, 4.69) is 13.8 Å². The van der Waals surface area contributed by atoms with Crippen LogP contribution in [0.15, 0.2) is 0 Å². The minimum absolute atomic E-state index is 0.583. The van der Waals surface area contributed by atoms with Crippen molar-refractivity contribution in [3.63, 3.8) is 0 Å². The fourth-order valence-corrected chi connectivity index (χ4v) is 2.66. The lowest BCUT2D eigenvalue weighted by molar-refractivity contribution is 0.0137. The predicted molar refractivity (Wildman–Crippen MR) is 70.7 cm³/mol. The molecule has 0 aromatic carbocycles. The highest BCUT2D eigenvalue weighted by molar-refractivity contribution is 4.70. The van der Waals surface area contributed by atoms with Gasteiger partial charge in [0.1, 0.15) is 0 Å². The zero-order valence-electron chi connectivity index (χ0n) is 11.3. The summed E-state index contributed by atoms with van der Waals surface area (Å²) >= 11 is 0. The van der Waals surface area contributed by atoms with Crippen LogP contribution in [0.1, 0.15) is 78.1 Å². The van der Waals surface area contributed by atoms with Gasteiger partial charge in [0, 0.05) is 6.61 Å². The van der Waals surface area contributed by atoms with Gasteiger partial charge in [0.15, 0.2) is 0 Å². The van der Waals surface area contributed by atoms with Crippen LogP contribution in [0, 0.1) is 5.92 Å². The lowest BCUT2D eigenvalue weighted by Crippen LogP contribution is -2.21. The Labute approximate surface area is 102 Å². The normalized spacial score (nSPS) is 25.9. The van der Waals surface area contributed by atoms with Crippen molar-refractivity contribution in [2.45, 2.75) is 84.2 Å². The van der Waals surface area contributed by atoms with Crippen molar-refractivity contribution in [2.24, 2.45) is 5.92 Å². The van der Waals surface area contributed by atoms with Gasteiger partial charge in [-0.25, -0.2) is 0 Å². The highest BCUT2D eigenvalue weighted by Crippen LogP contribution is 2.25. The molecule has 0 radical (unpaired) electrons. The fourth-order valence-electron chi connectivity index (χ4n) is 2.66. The summed E-state index contributed by atoms with van der Waals surface area (Å²) < 4.78 is 5.96. The molecule has 0 spiro atoms. The quantitative estimate of drug-likeness (QED) is 0.532. The van der Waals surface area contributed by atoms with Gasteiger partial charge in [-0.2, -0.15) is 0 Å². The first-order valence-electron chi connectivity index (χ1n) is 7.44. The van der Waals surface area contributed by atoms with E-state index in [1.54, 1.807) is 0 Å². The van der Waals surface area contributed by atoms with E-state index in [-0.39, 0.29) is 0 Å². The molecule has 16 heavy (non-hydrogen) atoms. The van der Waals surface area contributed by atoms with Crippen LogP contribution in [0.2, 0.25) is 0 Å². The predicted octanol–water partition coefficient (Wildman–Crippen LogP) is 4.94. The summed E-state index contributed by atoms with van der Waals surface area (Å²) in [6.07, 6.45) is 14.2. The summed E-state index contributed by atoms with van der Waals surface area (Å²) in [5, 5.41) is 0. The molecule has 0 aliphatic heterocycles. The van der Waals surface area contributed by atoms with Crippen molar-refractivity contribution in [3.05, 3.63) is 0 Å². The smallest absolute Gasteiger partial charge is 0.0577 e. The molecular weight excluding hydrogens is 196 g/mol. The molecule has 1 saturated carbocycles. The molecule has 0 bridgehead atoms. The van der Waals surface area contributed by atoms with E-state index in [0.29, 0.717) is 6.10 Å². The van der Waals surface area contributed by atoms with Crippen LogP contribution in [0.5, 0.6) is 0 Å². The number of ether oxygens (including phenoxy) is 1. The van der Waals surface area contributed by atoms with Gasteiger partial charge < -0.3 is 4.74 Å². The Hall–Kier alpha value is -0.0400. The molecule has 1 fully saturated rings. The maximum absolute atomic E-state index is 5.96. The minimum Gasteiger partial charge on any atom is -0.378 e. The summed E-state index contributed by atoms with van der Waals surface area (Å²) in [6.45, 7) is 5.64. The Balaban J connectivity index is 1.86. The number of hydrogen-bond donors (Lipinski definition) is 0. The van der Waals surface area contributed by atoms with E-state index >= 15 is 0 Å². The van der Waals surface area contributed by atoms with Gasteiger partial charge in [-0.3, -0.25) is 0 Å². The monoisotopic (exact) mass is 226 g/mol. The number of rotatable bonds is 8. The zero-order chi connectivity index (χ0) is 11.6. The van der Waals surface area contributed by atoms with Gasteiger partial charge in [0.25, 0.3) is 0 Å². The molecule has 0 N–H and O–H groups in total. The molecular formula is C15H30O. The third-order valence-electron chi connectivity index (χ3n) is 3.74. The van der Waals surface area contributed by atoms with Crippen LogP contribution in [0.3, 0.4) is 0 Å². The van der Waals surface area contributed by atoms with E-state index < -0.39 is 0 Å². The molecule has 1 nitrogen and oxygen atoms in total. The molecule has 1 rings (SSSR count). The van der Waals surface area contributed by atoms with Gasteiger partial charge in [-0.15, -0.1) is 0 Å². The standard InChI is InChI=1S/C15H30O/c1-3-4-5-6-7-8-12-16-15-11-9-10-14(2)13-15/h14-15H,3-13H2,1-2H3. The van der Waals surface area contributed by atoms with E-state index in [1.165, 1.54) is 64.2 Å². The molecule has 1 aliphatic rings. The Kier molecular flexibility index (Phi) is 7.92. The van der Waals surface area contributed by atoms with Crippen LogP contribution < -0.4 is 0 Å². The molecule has 0 saturated heterocycles. The average molecular weight is 226 g/mol. The molecule has 0 amide bonds. The van der Waals surface area contributed by atoms with E-state index in [0.717, 1.165) is 12.5 Å². The largest absolute Gasteiger partial charge is 0.378 e. The first-order chi connectivity index (χ1) is 7.83. The van der Waals surface area contributed by atoms with Crippen molar-refractivity contribution in [2.75, 3.05) is 6.61 Å². The molecule has 2 atom stereocenters. The fraction of sp³-hybridized carbons (Fsp3) is 1.00. The van der Waals surface area contributed by atoms with Crippen molar-refractivity contribution < 1.29 is 4.74 Å². The first kappa shape index (κ1) is 14.0. The van der Waals surface area contributed by atoms with Gasteiger partial charge in [0.05, 0.1) is 6.10 Å². The Bertz CT molecular complexity index is 156. The van der Waals surface area contributed by atoms with Crippen LogP contribution in [-0.4, -0.2) is 12.7 Å². The SMILES string of the molecule is CCCCCCCCOC1CCCC(C)C1. The molecule has 0 aromatic heterocycles. The first-order valence-corrected chi connectivity index (χ1v) is 7.44. The third kappa shape index (κ3) is 6.52. The van der Waals surface area contributed by atoms with Crippen molar-refractivity contribution in [1.29, 1.82) is 0 Å². The van der Waals surface area contributed by atoms with E-state index in [1.807, 2.05) is 0 Å². The molecule has 0 heterocycles. The molecule has 2 unspecified atom stereocenters. The van der Waals surface area contributed by atoms with E-state index in [9.17, 15) is 0 Å². The molecule has 0 aromatic rings. The van der Waals surface area contributed by atoms with E-state index in [4.69, 9.17) is 4.74 Å². The molecule has 96 valence electrons. The summed E-state index contributed by atoms with van der Waals surface area (Å²) in [7, 11) is 0. The summed E-state index contributed by atoms with van der Waals surface area (Å²) in [6, 6.07) is 0. The Morgan fingerprint density at radius 3 is 2.50 bits per heavy atom. The highest BCUT2D eigenvalue weighted by atomic mass is 16.5. The second-order valence-electron chi connectivity index (χ2n) is 5.53. The summed E-state index contributed by atoms with van der Waals surface area (Å²) in [5.41, 5.74) is 0. The summed E-state index contributed by atoms with van der Waals surface area (Å²) in [4.78, 5) is 0. The lowest BCUT2D eigenvalue weighted by atomic mass is 9.89. The average Bonchev–Trinajstić information content (AvgIpc) is 2.28. The lowest BCUT2D eigenvalue weighted by Gasteiger charge is -2.26. The van der Waals surface area contributed by atoms with Crippen LogP contribution in [0.4, 0.5) is 0 Å². The van der Waals surface area contributed by atoms with Gasteiger partial charge in [-0.1, -0.05) is 58.8 Å². The number of unbranched alkanes of at least 4 members (excludes halogenated alkanes) is 5. The number of hydrogen-bond acceptors (Lipinski definition) is 1. The molecule has 1 heteroatoms. The maximum atomic E-state index is 5.96. The Morgan fingerprint density at radius 2 is 1.75 bits per heavy atom. The van der Waals surface area contributed by atoms with Crippen molar-refractivity contribution in [3.8, 4) is 0 Å². The maximum Gasteiger partial charge on any atom is 0.0577 e. The third-order valence-corrected chi connectivity index (χ3v) is 3.74. The summed E-state index contributed by atoms with van der Waals surface area (Å²) in [5.74, 6) is 0.892. The van der Waals surface area contributed by atoms with Gasteiger partial charge in [-0.05, 0) is 25.2 Å². The van der Waals surface area contributed by atoms with Crippen LogP contribution >= 0.6 is 0 Å². The van der Waals surface area contributed by atoms with Gasteiger partial charge >= 0.3 is 0 Å². The molecule has 1 aliphatic carbocycles. The highest BCUT2D eigenvalue weighted by Gasteiger charge is 2.18. The minimum atomic E-state index is 0.583. The Morgan fingerprint density at radius 1 is 1.00 bits per heavy atom. The second-order valence-corrected chi connectivity index (χ2v) is 5.53. The van der Waals surface area contributed by atoms with Gasteiger partial charge in [0.2, 0.25) is 0 Å².